The Morgan fingerprint density at radius 3 is 2.75 bits per heavy atom. The van der Waals surface area contributed by atoms with E-state index in [-0.39, 0.29) is 18.0 Å². The molecule has 0 aromatic rings. The topological polar surface area (TPSA) is 47.6 Å². The van der Waals surface area contributed by atoms with Crippen LogP contribution in [0.25, 0.3) is 0 Å². The Labute approximate surface area is 72.2 Å². The van der Waals surface area contributed by atoms with Crippen molar-refractivity contribution in [3.05, 3.63) is 0 Å². The molecular formula is C8H15NO3. The van der Waals surface area contributed by atoms with Gasteiger partial charge in [0.15, 0.2) is 0 Å². The van der Waals surface area contributed by atoms with E-state index in [1.165, 1.54) is 7.11 Å². The van der Waals surface area contributed by atoms with Gasteiger partial charge in [0.1, 0.15) is 0 Å². The zero-order valence-electron chi connectivity index (χ0n) is 7.50. The summed E-state index contributed by atoms with van der Waals surface area (Å²) < 4.78 is 9.79. The highest BCUT2D eigenvalue weighted by atomic mass is 16.5. The number of carbonyl (C=O) groups excluding carboxylic acids is 1. The summed E-state index contributed by atoms with van der Waals surface area (Å²) in [5.41, 5.74) is 0. The van der Waals surface area contributed by atoms with E-state index in [1.807, 2.05) is 0 Å². The van der Waals surface area contributed by atoms with Crippen LogP contribution in [0.5, 0.6) is 0 Å². The van der Waals surface area contributed by atoms with E-state index in [0.29, 0.717) is 6.54 Å². The van der Waals surface area contributed by atoms with Gasteiger partial charge in [-0.15, -0.1) is 0 Å². The van der Waals surface area contributed by atoms with Gasteiger partial charge in [0.05, 0.1) is 19.1 Å². The lowest BCUT2D eigenvalue weighted by Crippen LogP contribution is -2.43. The van der Waals surface area contributed by atoms with Crippen LogP contribution in [-0.4, -0.2) is 39.4 Å². The highest BCUT2D eigenvalue weighted by Crippen LogP contribution is 2.13. The summed E-state index contributed by atoms with van der Waals surface area (Å²) in [6.07, 6.45) is 0.902. The standard InChI is InChI=1S/C8H15NO3/c1-11-7-3-6(4-9-5-7)8(10)12-2/h6-7,9H,3-5H2,1-2H3/t6-,7+/m0/s1. The summed E-state index contributed by atoms with van der Waals surface area (Å²) in [5, 5.41) is 3.13. The number of piperidine rings is 1. The molecule has 0 amide bonds. The van der Waals surface area contributed by atoms with E-state index in [9.17, 15) is 4.79 Å². The predicted octanol–water partition coefficient (Wildman–Crippen LogP) is -0.216. The van der Waals surface area contributed by atoms with E-state index in [1.54, 1.807) is 7.11 Å². The van der Waals surface area contributed by atoms with E-state index >= 15 is 0 Å². The van der Waals surface area contributed by atoms with E-state index in [0.717, 1.165) is 13.0 Å². The SMILES string of the molecule is COC(=O)[C@@H]1CNC[C@H](OC)C1. The Bertz CT molecular complexity index is 160. The summed E-state index contributed by atoms with van der Waals surface area (Å²) in [4.78, 5) is 11.1. The van der Waals surface area contributed by atoms with Crippen molar-refractivity contribution in [2.24, 2.45) is 5.92 Å². The monoisotopic (exact) mass is 173 g/mol. The average molecular weight is 173 g/mol. The minimum Gasteiger partial charge on any atom is -0.469 e. The van der Waals surface area contributed by atoms with Gasteiger partial charge in [-0.25, -0.2) is 0 Å². The van der Waals surface area contributed by atoms with Crippen molar-refractivity contribution in [2.75, 3.05) is 27.3 Å². The molecule has 1 aliphatic heterocycles. The first-order valence-corrected chi connectivity index (χ1v) is 4.09. The fourth-order valence-electron chi connectivity index (χ4n) is 1.43. The minimum absolute atomic E-state index is 0.0475. The van der Waals surface area contributed by atoms with Gasteiger partial charge in [0, 0.05) is 20.2 Å². The Balaban J connectivity index is 2.40. The molecule has 1 fully saturated rings. The summed E-state index contributed by atoms with van der Waals surface area (Å²) >= 11 is 0. The summed E-state index contributed by atoms with van der Waals surface area (Å²) in [5.74, 6) is -0.196. The molecule has 1 heterocycles. The number of hydrogen-bond acceptors (Lipinski definition) is 4. The maximum Gasteiger partial charge on any atom is 0.310 e. The molecule has 1 saturated heterocycles. The van der Waals surface area contributed by atoms with Crippen LogP contribution in [-0.2, 0) is 14.3 Å². The van der Waals surface area contributed by atoms with Crippen LogP contribution in [0.2, 0.25) is 0 Å². The first-order valence-electron chi connectivity index (χ1n) is 4.09. The minimum atomic E-state index is -0.149. The van der Waals surface area contributed by atoms with E-state index in [2.05, 4.69) is 10.1 Å². The first kappa shape index (κ1) is 9.48. The molecule has 0 aliphatic carbocycles. The molecule has 1 aliphatic rings. The van der Waals surface area contributed by atoms with Gasteiger partial charge in [-0.05, 0) is 6.42 Å². The number of hydrogen-bond donors (Lipinski definition) is 1. The average Bonchev–Trinajstić information content (AvgIpc) is 2.17. The molecular weight excluding hydrogens is 158 g/mol. The quantitative estimate of drug-likeness (QED) is 0.587. The third-order valence-corrected chi connectivity index (χ3v) is 2.18. The van der Waals surface area contributed by atoms with Crippen molar-refractivity contribution in [2.45, 2.75) is 12.5 Å². The Morgan fingerprint density at radius 2 is 2.17 bits per heavy atom. The predicted molar refractivity (Wildman–Crippen MR) is 43.8 cm³/mol. The molecule has 2 atom stereocenters. The van der Waals surface area contributed by atoms with Gasteiger partial charge in [-0.3, -0.25) is 4.79 Å². The fourth-order valence-corrected chi connectivity index (χ4v) is 1.43. The lowest BCUT2D eigenvalue weighted by molar-refractivity contribution is -0.147. The zero-order valence-corrected chi connectivity index (χ0v) is 7.50. The molecule has 1 N–H and O–H groups in total. The maximum absolute atomic E-state index is 11.1. The van der Waals surface area contributed by atoms with Crippen LogP contribution in [0.15, 0.2) is 0 Å². The summed E-state index contributed by atoms with van der Waals surface area (Å²) in [6, 6.07) is 0. The van der Waals surface area contributed by atoms with Gasteiger partial charge in [0.25, 0.3) is 0 Å². The molecule has 70 valence electrons. The van der Waals surface area contributed by atoms with Gasteiger partial charge in [-0.2, -0.15) is 0 Å². The van der Waals surface area contributed by atoms with E-state index in [4.69, 9.17) is 4.74 Å². The second kappa shape index (κ2) is 4.42. The third kappa shape index (κ3) is 2.19. The largest absolute Gasteiger partial charge is 0.469 e. The van der Waals surface area contributed by atoms with Crippen LogP contribution in [0.4, 0.5) is 0 Å². The fraction of sp³-hybridized carbons (Fsp3) is 0.875. The van der Waals surface area contributed by atoms with Crippen LogP contribution < -0.4 is 5.32 Å². The smallest absolute Gasteiger partial charge is 0.310 e. The molecule has 0 radical (unpaired) electrons. The summed E-state index contributed by atoms with van der Waals surface area (Å²) in [7, 11) is 3.07. The van der Waals surface area contributed by atoms with Gasteiger partial charge >= 0.3 is 5.97 Å². The van der Waals surface area contributed by atoms with Crippen molar-refractivity contribution < 1.29 is 14.3 Å². The van der Waals surface area contributed by atoms with Crippen molar-refractivity contribution in [1.82, 2.24) is 5.32 Å². The lowest BCUT2D eigenvalue weighted by Gasteiger charge is -2.27. The normalized spacial score (nSPS) is 29.8. The van der Waals surface area contributed by atoms with Crippen LogP contribution in [0.3, 0.4) is 0 Å². The second-order valence-corrected chi connectivity index (χ2v) is 2.97. The molecule has 0 aromatic carbocycles. The molecule has 0 unspecified atom stereocenters. The van der Waals surface area contributed by atoms with Crippen LogP contribution >= 0.6 is 0 Å². The van der Waals surface area contributed by atoms with Crippen molar-refractivity contribution in [3.8, 4) is 0 Å². The molecule has 0 saturated carbocycles. The van der Waals surface area contributed by atoms with Crippen molar-refractivity contribution in [3.63, 3.8) is 0 Å². The summed E-state index contributed by atoms with van der Waals surface area (Å²) in [6.45, 7) is 1.52. The first-order chi connectivity index (χ1) is 5.77. The van der Waals surface area contributed by atoms with Gasteiger partial charge in [0.2, 0.25) is 0 Å². The molecule has 12 heavy (non-hydrogen) atoms. The molecule has 4 nitrogen and oxygen atoms in total. The third-order valence-electron chi connectivity index (χ3n) is 2.18. The number of methoxy groups -OCH3 is 2. The molecule has 4 heteroatoms. The Hall–Kier alpha value is -0.610. The Morgan fingerprint density at radius 1 is 1.42 bits per heavy atom. The molecule has 0 bridgehead atoms. The van der Waals surface area contributed by atoms with Crippen molar-refractivity contribution >= 4 is 5.97 Å². The number of ether oxygens (including phenoxy) is 2. The van der Waals surface area contributed by atoms with E-state index < -0.39 is 0 Å². The molecule has 1 rings (SSSR count). The van der Waals surface area contributed by atoms with Gasteiger partial charge in [-0.1, -0.05) is 0 Å². The highest BCUT2D eigenvalue weighted by Gasteiger charge is 2.27. The van der Waals surface area contributed by atoms with Crippen LogP contribution in [0.1, 0.15) is 6.42 Å². The van der Waals surface area contributed by atoms with Crippen molar-refractivity contribution in [1.29, 1.82) is 0 Å². The van der Waals surface area contributed by atoms with Gasteiger partial charge < -0.3 is 14.8 Å². The number of rotatable bonds is 2. The lowest BCUT2D eigenvalue weighted by atomic mass is 9.98. The number of esters is 1. The number of carbonyl (C=O) groups is 1. The Kier molecular flexibility index (Phi) is 3.49. The molecule has 0 spiro atoms. The maximum atomic E-state index is 11.1. The second-order valence-electron chi connectivity index (χ2n) is 2.97. The highest BCUT2D eigenvalue weighted by molar-refractivity contribution is 5.72. The molecule has 0 aromatic heterocycles. The number of nitrogens with one attached hydrogen (secondary N) is 1. The van der Waals surface area contributed by atoms with Crippen LogP contribution in [0, 0.1) is 5.92 Å². The zero-order chi connectivity index (χ0) is 8.97.